The first kappa shape index (κ1) is 18.3. The molecule has 0 aliphatic heterocycles. The number of aliphatic hydroxyl groups is 2. The molecule has 4 N–H and O–H groups in total. The minimum atomic E-state index is -3.72. The van der Waals surface area contributed by atoms with E-state index in [1.54, 1.807) is 6.07 Å². The SMILES string of the molecule is CC(C)(CO)[C@H](O)C(=O)NCCS(=O)(=O)Nc1ncccn1. The molecule has 0 fully saturated rings. The Hall–Kier alpha value is -1.78. The maximum absolute atomic E-state index is 11.8. The summed E-state index contributed by atoms with van der Waals surface area (Å²) in [5.41, 5.74) is -1.01. The normalized spacial score (nSPS) is 13.5. The molecule has 9 nitrogen and oxygen atoms in total. The van der Waals surface area contributed by atoms with Crippen LogP contribution in [0.4, 0.5) is 5.95 Å². The van der Waals surface area contributed by atoms with E-state index >= 15 is 0 Å². The number of carbonyl (C=O) groups is 1. The number of amides is 1. The lowest BCUT2D eigenvalue weighted by Gasteiger charge is -2.27. The second-order valence-electron chi connectivity index (χ2n) is 5.33. The zero-order valence-electron chi connectivity index (χ0n) is 12.4. The van der Waals surface area contributed by atoms with Crippen molar-refractivity contribution in [2.24, 2.45) is 5.41 Å². The first-order valence-corrected chi connectivity index (χ1v) is 8.17. The van der Waals surface area contributed by atoms with Gasteiger partial charge in [0.2, 0.25) is 21.9 Å². The first-order valence-electron chi connectivity index (χ1n) is 6.52. The van der Waals surface area contributed by atoms with Crippen molar-refractivity contribution in [2.45, 2.75) is 20.0 Å². The summed E-state index contributed by atoms with van der Waals surface area (Å²) in [5.74, 6) is -1.20. The van der Waals surface area contributed by atoms with Crippen LogP contribution >= 0.6 is 0 Å². The van der Waals surface area contributed by atoms with E-state index in [0.29, 0.717) is 0 Å². The molecule has 1 amide bonds. The molecule has 1 aromatic heterocycles. The molecule has 124 valence electrons. The van der Waals surface area contributed by atoms with E-state index < -0.39 is 33.2 Å². The third-order valence-electron chi connectivity index (χ3n) is 2.88. The van der Waals surface area contributed by atoms with Gasteiger partial charge in [0, 0.05) is 24.4 Å². The summed E-state index contributed by atoms with van der Waals surface area (Å²) in [6.07, 6.45) is 1.34. The molecular weight excluding hydrogens is 312 g/mol. The first-order chi connectivity index (χ1) is 10.2. The molecule has 0 saturated heterocycles. The van der Waals surface area contributed by atoms with Crippen molar-refractivity contribution in [3.63, 3.8) is 0 Å². The van der Waals surface area contributed by atoms with E-state index in [4.69, 9.17) is 5.11 Å². The van der Waals surface area contributed by atoms with E-state index in [9.17, 15) is 18.3 Å². The van der Waals surface area contributed by atoms with Crippen molar-refractivity contribution >= 4 is 21.9 Å². The van der Waals surface area contributed by atoms with Gasteiger partial charge >= 0.3 is 0 Å². The quantitative estimate of drug-likeness (QED) is 0.464. The van der Waals surface area contributed by atoms with Crippen molar-refractivity contribution in [1.82, 2.24) is 15.3 Å². The number of hydrogen-bond donors (Lipinski definition) is 4. The van der Waals surface area contributed by atoms with Crippen LogP contribution in [0.3, 0.4) is 0 Å². The molecule has 0 aliphatic carbocycles. The molecule has 0 unspecified atom stereocenters. The Balaban J connectivity index is 2.48. The Bertz CT molecular complexity index is 591. The predicted molar refractivity (Wildman–Crippen MR) is 79.3 cm³/mol. The molecule has 1 rings (SSSR count). The van der Waals surface area contributed by atoms with Crippen molar-refractivity contribution in [3.8, 4) is 0 Å². The minimum absolute atomic E-state index is 0.0599. The summed E-state index contributed by atoms with van der Waals surface area (Å²) >= 11 is 0. The second kappa shape index (κ2) is 7.47. The molecule has 1 atom stereocenters. The monoisotopic (exact) mass is 332 g/mol. The number of nitrogens with zero attached hydrogens (tertiary/aromatic N) is 2. The van der Waals surface area contributed by atoms with Crippen LogP contribution in [0.5, 0.6) is 0 Å². The molecule has 0 aromatic carbocycles. The van der Waals surface area contributed by atoms with Crippen molar-refractivity contribution < 1.29 is 23.4 Å². The number of aromatic nitrogens is 2. The van der Waals surface area contributed by atoms with Gasteiger partial charge < -0.3 is 15.5 Å². The Labute approximate surface area is 128 Å². The zero-order chi connectivity index (χ0) is 16.8. The fourth-order valence-corrected chi connectivity index (χ4v) is 2.24. The third-order valence-corrected chi connectivity index (χ3v) is 4.11. The van der Waals surface area contributed by atoms with Crippen LogP contribution < -0.4 is 10.0 Å². The number of hydrogen-bond acceptors (Lipinski definition) is 7. The number of nitrogens with one attached hydrogen (secondary N) is 2. The van der Waals surface area contributed by atoms with Crippen molar-refractivity contribution in [1.29, 1.82) is 0 Å². The van der Waals surface area contributed by atoms with Gasteiger partial charge in [-0.2, -0.15) is 0 Å². The number of carbonyl (C=O) groups excluding carboxylic acids is 1. The summed E-state index contributed by atoms with van der Waals surface area (Å²) in [6, 6.07) is 1.54. The van der Waals surface area contributed by atoms with Crippen molar-refractivity contribution in [2.75, 3.05) is 23.6 Å². The summed E-state index contributed by atoms with van der Waals surface area (Å²) in [7, 11) is -3.72. The fraction of sp³-hybridized carbons (Fsp3) is 0.583. The van der Waals surface area contributed by atoms with Crippen LogP contribution in [0.15, 0.2) is 18.5 Å². The summed E-state index contributed by atoms with van der Waals surface area (Å²) in [6.45, 7) is 2.46. The lowest BCUT2D eigenvalue weighted by Crippen LogP contribution is -2.46. The highest BCUT2D eigenvalue weighted by Crippen LogP contribution is 2.19. The maximum atomic E-state index is 11.8. The molecule has 22 heavy (non-hydrogen) atoms. The van der Waals surface area contributed by atoms with E-state index in [1.807, 2.05) is 0 Å². The van der Waals surface area contributed by atoms with Gasteiger partial charge in [-0.1, -0.05) is 13.8 Å². The number of sulfonamides is 1. The van der Waals surface area contributed by atoms with Gasteiger partial charge in [0.15, 0.2) is 0 Å². The zero-order valence-corrected chi connectivity index (χ0v) is 13.2. The number of aliphatic hydroxyl groups excluding tert-OH is 2. The van der Waals surface area contributed by atoms with E-state index in [2.05, 4.69) is 20.0 Å². The predicted octanol–water partition coefficient (Wildman–Crippen LogP) is -1.29. The highest BCUT2D eigenvalue weighted by molar-refractivity contribution is 7.92. The van der Waals surface area contributed by atoms with Crippen molar-refractivity contribution in [3.05, 3.63) is 18.5 Å². The Kier molecular flexibility index (Phi) is 6.21. The number of anilines is 1. The Morgan fingerprint density at radius 2 is 1.95 bits per heavy atom. The highest BCUT2D eigenvalue weighted by atomic mass is 32.2. The summed E-state index contributed by atoms with van der Waals surface area (Å²) < 4.78 is 25.7. The third kappa shape index (κ3) is 5.54. The van der Waals surface area contributed by atoms with Gasteiger partial charge in [0.1, 0.15) is 6.10 Å². The highest BCUT2D eigenvalue weighted by Gasteiger charge is 2.32. The average Bonchev–Trinajstić information content (AvgIpc) is 2.46. The lowest BCUT2D eigenvalue weighted by molar-refractivity contribution is -0.136. The van der Waals surface area contributed by atoms with Crippen LogP contribution in [0.1, 0.15) is 13.8 Å². The molecule has 0 aliphatic rings. The molecule has 0 radical (unpaired) electrons. The van der Waals surface area contributed by atoms with Crippen LogP contribution in [-0.2, 0) is 14.8 Å². The van der Waals surface area contributed by atoms with Gasteiger partial charge in [-0.3, -0.25) is 9.52 Å². The van der Waals surface area contributed by atoms with E-state index in [1.165, 1.54) is 26.2 Å². The van der Waals surface area contributed by atoms with Crippen LogP contribution in [0.2, 0.25) is 0 Å². The summed E-state index contributed by atoms with van der Waals surface area (Å²) in [4.78, 5) is 19.1. The Morgan fingerprint density at radius 3 is 2.50 bits per heavy atom. The smallest absolute Gasteiger partial charge is 0.249 e. The van der Waals surface area contributed by atoms with Gasteiger partial charge in [-0.25, -0.2) is 18.4 Å². The molecular formula is C12H20N4O5S. The molecule has 10 heteroatoms. The van der Waals surface area contributed by atoms with Crippen LogP contribution in [-0.4, -0.2) is 59.5 Å². The molecule has 0 saturated carbocycles. The van der Waals surface area contributed by atoms with Gasteiger partial charge in [0.25, 0.3) is 0 Å². The molecule has 1 aromatic rings. The van der Waals surface area contributed by atoms with Crippen LogP contribution in [0.25, 0.3) is 0 Å². The fourth-order valence-electron chi connectivity index (χ4n) is 1.39. The minimum Gasteiger partial charge on any atom is -0.396 e. The molecule has 0 spiro atoms. The van der Waals surface area contributed by atoms with Gasteiger partial charge in [0.05, 0.1) is 12.4 Å². The average molecular weight is 332 g/mol. The van der Waals surface area contributed by atoms with Crippen LogP contribution in [0, 0.1) is 5.41 Å². The molecule has 1 heterocycles. The lowest BCUT2D eigenvalue weighted by atomic mass is 9.87. The largest absolute Gasteiger partial charge is 0.396 e. The number of rotatable bonds is 8. The standard InChI is InChI=1S/C12H20N4O5S/c1-12(2,8-17)9(18)10(19)13-6-7-22(20,21)16-11-14-4-3-5-15-11/h3-5,9,17-18H,6-8H2,1-2H3,(H,13,19)(H,14,15,16)/t9-/m1/s1. The maximum Gasteiger partial charge on any atom is 0.249 e. The summed E-state index contributed by atoms with van der Waals surface area (Å²) in [5, 5.41) is 21.1. The van der Waals surface area contributed by atoms with E-state index in [-0.39, 0.29) is 19.1 Å². The Morgan fingerprint density at radius 1 is 1.36 bits per heavy atom. The second-order valence-corrected chi connectivity index (χ2v) is 7.18. The topological polar surface area (TPSA) is 142 Å². The van der Waals surface area contributed by atoms with Gasteiger partial charge in [-0.15, -0.1) is 0 Å². The van der Waals surface area contributed by atoms with E-state index in [0.717, 1.165) is 0 Å². The van der Waals surface area contributed by atoms with Gasteiger partial charge in [-0.05, 0) is 6.07 Å². The molecule has 0 bridgehead atoms.